The quantitative estimate of drug-likeness (QED) is 0.117. The van der Waals surface area contributed by atoms with E-state index in [1.54, 1.807) is 30.3 Å². The molecule has 204 valence electrons. The van der Waals surface area contributed by atoms with Crippen LogP contribution >= 0.6 is 11.7 Å². The van der Waals surface area contributed by atoms with Crippen LogP contribution in [-0.4, -0.2) is 13.7 Å². The van der Waals surface area contributed by atoms with Crippen LogP contribution in [0.4, 0.5) is 17.6 Å². The average molecular weight is 588 g/mol. The molecular formula is C33H13F4N5S. The number of hydrogen-bond donors (Lipinski definition) is 0. The fraction of sp³-hybridized carbons (Fsp3) is 0. The summed E-state index contributed by atoms with van der Waals surface area (Å²) in [6, 6.07) is 26.0. The second kappa shape index (κ2) is 9.98. The first-order chi connectivity index (χ1) is 20.9. The molecule has 0 N–H and O–H groups in total. The summed E-state index contributed by atoms with van der Waals surface area (Å²) in [5, 5.41) is 20.7. The number of pyridine rings is 1. The van der Waals surface area contributed by atoms with E-state index in [1.807, 2.05) is 36.4 Å². The molecule has 0 saturated carbocycles. The molecule has 2 aromatic heterocycles. The molecule has 0 bridgehead atoms. The molecule has 7 rings (SSSR count). The van der Waals surface area contributed by atoms with E-state index < -0.39 is 34.4 Å². The fourth-order valence-electron chi connectivity index (χ4n) is 5.39. The predicted octanol–water partition coefficient (Wildman–Crippen LogP) is 8.69. The van der Waals surface area contributed by atoms with Crippen LogP contribution in [0.1, 0.15) is 11.1 Å². The molecule has 0 radical (unpaired) electrons. The zero-order valence-corrected chi connectivity index (χ0v) is 22.5. The maximum absolute atomic E-state index is 15.0. The van der Waals surface area contributed by atoms with Crippen LogP contribution in [0.15, 0.2) is 78.9 Å². The summed E-state index contributed by atoms with van der Waals surface area (Å²) in [5.74, 6) is -6.95. The Bertz CT molecular complexity index is 2340. The van der Waals surface area contributed by atoms with Gasteiger partial charge in [-0.1, -0.05) is 60.7 Å². The lowest BCUT2D eigenvalue weighted by Gasteiger charge is -2.15. The highest BCUT2D eigenvalue weighted by Crippen LogP contribution is 2.42. The first kappa shape index (κ1) is 26.2. The van der Waals surface area contributed by atoms with Crippen molar-refractivity contribution < 1.29 is 17.6 Å². The number of benzene rings is 5. The average Bonchev–Trinajstić information content (AvgIpc) is 3.54. The lowest BCUT2D eigenvalue weighted by atomic mass is 9.92. The van der Waals surface area contributed by atoms with Crippen molar-refractivity contribution in [3.05, 3.63) is 113 Å². The normalized spacial score (nSPS) is 11.2. The molecule has 2 heterocycles. The van der Waals surface area contributed by atoms with Gasteiger partial charge in [-0.15, -0.1) is 0 Å². The van der Waals surface area contributed by atoms with Gasteiger partial charge in [-0.3, -0.25) is 0 Å². The van der Waals surface area contributed by atoms with Gasteiger partial charge in [-0.05, 0) is 29.3 Å². The van der Waals surface area contributed by atoms with Crippen LogP contribution in [0.5, 0.6) is 0 Å². The van der Waals surface area contributed by atoms with Crippen LogP contribution in [-0.2, 0) is 0 Å². The smallest absolute Gasteiger partial charge is 0.180 e. The largest absolute Gasteiger partial charge is 0.247 e. The SMILES string of the molecule is N#Cc1ccccc1-c1nc2cc(-c3c(F)c(F)c(C#N)c(F)c3F)ccc2c2c1cc(-c1ccccc1)c1nsnc12. The Morgan fingerprint density at radius 1 is 0.628 bits per heavy atom. The van der Waals surface area contributed by atoms with Gasteiger partial charge in [-0.25, -0.2) is 22.5 Å². The van der Waals surface area contributed by atoms with Gasteiger partial charge in [0.25, 0.3) is 0 Å². The van der Waals surface area contributed by atoms with Crippen LogP contribution in [0.2, 0.25) is 0 Å². The monoisotopic (exact) mass is 587 g/mol. The van der Waals surface area contributed by atoms with Crippen LogP contribution in [0.3, 0.4) is 0 Å². The zero-order chi connectivity index (χ0) is 29.8. The van der Waals surface area contributed by atoms with E-state index in [0.29, 0.717) is 44.0 Å². The van der Waals surface area contributed by atoms with E-state index in [0.717, 1.165) is 28.9 Å². The van der Waals surface area contributed by atoms with E-state index in [-0.39, 0.29) is 11.1 Å². The van der Waals surface area contributed by atoms with Gasteiger partial charge >= 0.3 is 0 Å². The summed E-state index contributed by atoms with van der Waals surface area (Å²) in [7, 11) is 0. The third-order valence-corrected chi connectivity index (χ3v) is 7.87. The minimum atomic E-state index is -1.78. The summed E-state index contributed by atoms with van der Waals surface area (Å²) >= 11 is 1.02. The Labute approximate surface area is 244 Å². The van der Waals surface area contributed by atoms with E-state index >= 15 is 8.78 Å². The zero-order valence-electron chi connectivity index (χ0n) is 21.7. The van der Waals surface area contributed by atoms with Crippen molar-refractivity contribution in [2.75, 3.05) is 0 Å². The topological polar surface area (TPSA) is 86.2 Å². The van der Waals surface area contributed by atoms with Crippen molar-refractivity contribution in [1.29, 1.82) is 10.5 Å². The fourth-order valence-corrected chi connectivity index (χ4v) is 5.95. The Balaban J connectivity index is 1.62. The summed E-state index contributed by atoms with van der Waals surface area (Å²) in [5.41, 5.74) is 1.90. The summed E-state index contributed by atoms with van der Waals surface area (Å²) < 4.78 is 68.3. The molecule has 0 atom stereocenters. The standard InChI is InChI=1S/C33H13F4N5S/c34-27-23(15-39)28(35)30(37)25(29(27)36)17-10-11-20-24(12-17)40-31(19-9-5-4-8-18(19)14-38)22-13-21(16-6-2-1-3-7-16)32-33(26(20)22)42-43-41-32/h1-13H. The molecule has 0 spiro atoms. The number of aromatic nitrogens is 3. The van der Waals surface area contributed by atoms with Crippen molar-refractivity contribution in [3.8, 4) is 45.6 Å². The third-order valence-electron chi connectivity index (χ3n) is 7.34. The second-order valence-electron chi connectivity index (χ2n) is 9.64. The molecule has 0 aliphatic rings. The lowest BCUT2D eigenvalue weighted by molar-refractivity contribution is 0.454. The van der Waals surface area contributed by atoms with Gasteiger partial charge in [0.15, 0.2) is 23.3 Å². The molecule has 0 saturated heterocycles. The first-order valence-electron chi connectivity index (χ1n) is 12.8. The number of fused-ring (bicyclic) bond motifs is 5. The summed E-state index contributed by atoms with van der Waals surface area (Å²) in [4.78, 5) is 4.85. The Kier molecular flexibility index (Phi) is 6.08. The first-order valence-corrected chi connectivity index (χ1v) is 13.5. The number of hydrogen-bond acceptors (Lipinski definition) is 6. The molecule has 7 aromatic rings. The predicted molar refractivity (Wildman–Crippen MR) is 156 cm³/mol. The molecule has 10 heteroatoms. The van der Waals surface area contributed by atoms with Crippen molar-refractivity contribution in [1.82, 2.24) is 13.7 Å². The third kappa shape index (κ3) is 3.92. The molecule has 0 fully saturated rings. The summed E-state index contributed by atoms with van der Waals surface area (Å²) in [6.45, 7) is 0. The van der Waals surface area contributed by atoms with E-state index in [1.165, 1.54) is 12.1 Å². The highest BCUT2D eigenvalue weighted by molar-refractivity contribution is 7.00. The van der Waals surface area contributed by atoms with E-state index in [4.69, 9.17) is 10.2 Å². The van der Waals surface area contributed by atoms with E-state index in [9.17, 15) is 14.0 Å². The van der Waals surface area contributed by atoms with Crippen molar-refractivity contribution in [3.63, 3.8) is 0 Å². The Morgan fingerprint density at radius 2 is 1.33 bits per heavy atom. The van der Waals surface area contributed by atoms with Gasteiger partial charge in [-0.2, -0.15) is 19.3 Å². The number of halogens is 4. The highest BCUT2D eigenvalue weighted by atomic mass is 32.1. The maximum Gasteiger partial charge on any atom is 0.180 e. The molecule has 5 aromatic carbocycles. The molecule has 0 aliphatic heterocycles. The van der Waals surface area contributed by atoms with Crippen LogP contribution < -0.4 is 0 Å². The lowest BCUT2D eigenvalue weighted by Crippen LogP contribution is -2.04. The molecule has 0 amide bonds. The Hall–Kier alpha value is -5.71. The van der Waals surface area contributed by atoms with Gasteiger partial charge < -0.3 is 0 Å². The second-order valence-corrected chi connectivity index (χ2v) is 10.2. The van der Waals surface area contributed by atoms with Gasteiger partial charge in [0, 0.05) is 27.3 Å². The van der Waals surface area contributed by atoms with Gasteiger partial charge in [0.05, 0.1) is 40.1 Å². The van der Waals surface area contributed by atoms with Crippen molar-refractivity contribution in [2.45, 2.75) is 0 Å². The summed E-state index contributed by atoms with van der Waals surface area (Å²) in [6.07, 6.45) is 0. The van der Waals surface area contributed by atoms with Gasteiger partial charge in [0.1, 0.15) is 22.7 Å². The van der Waals surface area contributed by atoms with Crippen molar-refractivity contribution in [2.24, 2.45) is 0 Å². The number of rotatable bonds is 3. The number of nitrogens with zero attached hydrogens (tertiary/aromatic N) is 5. The van der Waals surface area contributed by atoms with Crippen LogP contribution in [0, 0.1) is 45.9 Å². The molecule has 0 unspecified atom stereocenters. The van der Waals surface area contributed by atoms with Crippen LogP contribution in [0.25, 0.3) is 66.2 Å². The molecular weight excluding hydrogens is 574 g/mol. The van der Waals surface area contributed by atoms with Crippen molar-refractivity contribution >= 4 is 44.4 Å². The maximum atomic E-state index is 15.0. The minimum Gasteiger partial charge on any atom is -0.247 e. The Morgan fingerprint density at radius 3 is 2.05 bits per heavy atom. The molecule has 0 aliphatic carbocycles. The minimum absolute atomic E-state index is 0.190. The highest BCUT2D eigenvalue weighted by Gasteiger charge is 2.27. The van der Waals surface area contributed by atoms with E-state index in [2.05, 4.69) is 14.8 Å². The molecule has 43 heavy (non-hydrogen) atoms. The number of nitriles is 2. The molecule has 5 nitrogen and oxygen atoms in total. The van der Waals surface area contributed by atoms with Gasteiger partial charge in [0.2, 0.25) is 0 Å².